The van der Waals surface area contributed by atoms with Crippen LogP contribution in [0.2, 0.25) is 0 Å². The van der Waals surface area contributed by atoms with Crippen molar-refractivity contribution in [1.82, 2.24) is 0 Å². The maximum Gasteiger partial charge on any atom is 0.151 e. The van der Waals surface area contributed by atoms with Crippen molar-refractivity contribution in [3.05, 3.63) is 64.1 Å². The Morgan fingerprint density at radius 1 is 1.19 bits per heavy atom. The van der Waals surface area contributed by atoms with Gasteiger partial charge in [-0.3, -0.25) is 0 Å². The lowest BCUT2D eigenvalue weighted by molar-refractivity contribution is 0.520. The second-order valence-corrected chi connectivity index (χ2v) is 5.41. The number of benzene rings is 1. The van der Waals surface area contributed by atoms with E-state index in [4.69, 9.17) is 4.42 Å². The van der Waals surface area contributed by atoms with Crippen LogP contribution in [-0.2, 0) is 6.42 Å². The van der Waals surface area contributed by atoms with Crippen molar-refractivity contribution in [3.8, 4) is 12.1 Å². The van der Waals surface area contributed by atoms with E-state index in [1.165, 1.54) is 0 Å². The summed E-state index contributed by atoms with van der Waals surface area (Å²) in [5.41, 5.74) is 1.80. The Kier molecular flexibility index (Phi) is 5.19. The van der Waals surface area contributed by atoms with Gasteiger partial charge in [-0.05, 0) is 26.8 Å². The lowest BCUT2D eigenvalue weighted by atomic mass is 9.78. The van der Waals surface area contributed by atoms with Crippen LogP contribution in [0, 0.1) is 28.1 Å². The number of allylic oxidation sites excluding steroid dienone is 1. The van der Waals surface area contributed by atoms with E-state index in [9.17, 15) is 10.5 Å². The average molecular weight is 388 g/mol. The van der Waals surface area contributed by atoms with Crippen molar-refractivity contribution in [1.29, 1.82) is 10.5 Å². The second kappa shape index (κ2) is 7.10. The highest BCUT2D eigenvalue weighted by molar-refractivity contribution is 14.1. The number of furan rings is 1. The van der Waals surface area contributed by atoms with Crippen molar-refractivity contribution >= 4 is 28.2 Å². The molecular formula is C17H13IN2O. The number of nitrogens with zero attached hydrogens (tertiary/aromatic N) is 2. The molecule has 0 bridgehead atoms. The smallest absolute Gasteiger partial charge is 0.151 e. The van der Waals surface area contributed by atoms with Gasteiger partial charge in [0.2, 0.25) is 0 Å². The fourth-order valence-electron chi connectivity index (χ4n) is 2.17. The lowest BCUT2D eigenvalue weighted by Crippen LogP contribution is -2.20. The number of halogens is 1. The SMILES string of the molecule is N#CC(C#N)(CC(=CI)c1ccccc1)Cc1ccoc1. The van der Waals surface area contributed by atoms with Gasteiger partial charge in [0.25, 0.3) is 0 Å². The Balaban J connectivity index is 2.28. The lowest BCUT2D eigenvalue weighted by Gasteiger charge is -2.19. The summed E-state index contributed by atoms with van der Waals surface area (Å²) >= 11 is 2.16. The molecule has 104 valence electrons. The van der Waals surface area contributed by atoms with Crippen LogP contribution in [0.25, 0.3) is 5.57 Å². The molecule has 1 heterocycles. The first kappa shape index (κ1) is 15.3. The molecule has 0 radical (unpaired) electrons. The topological polar surface area (TPSA) is 60.7 Å². The monoisotopic (exact) mass is 388 g/mol. The van der Waals surface area contributed by atoms with E-state index in [1.54, 1.807) is 18.6 Å². The Morgan fingerprint density at radius 2 is 1.90 bits per heavy atom. The summed E-state index contributed by atoms with van der Waals surface area (Å²) < 4.78 is 6.97. The van der Waals surface area contributed by atoms with Crippen molar-refractivity contribution in [2.24, 2.45) is 5.41 Å². The van der Waals surface area contributed by atoms with E-state index in [0.29, 0.717) is 12.8 Å². The normalized spacial score (nSPS) is 11.7. The van der Waals surface area contributed by atoms with Crippen LogP contribution in [0.15, 0.2) is 57.4 Å². The van der Waals surface area contributed by atoms with Gasteiger partial charge in [-0.25, -0.2) is 0 Å². The van der Waals surface area contributed by atoms with Crippen molar-refractivity contribution < 1.29 is 4.42 Å². The average Bonchev–Trinajstić information content (AvgIpc) is 3.05. The number of rotatable bonds is 5. The zero-order valence-corrected chi connectivity index (χ0v) is 13.4. The van der Waals surface area contributed by atoms with Gasteiger partial charge in [-0.2, -0.15) is 10.5 Å². The molecule has 21 heavy (non-hydrogen) atoms. The number of hydrogen-bond acceptors (Lipinski definition) is 3. The van der Waals surface area contributed by atoms with E-state index in [1.807, 2.05) is 34.4 Å². The molecule has 0 N–H and O–H groups in total. The molecule has 0 saturated carbocycles. The van der Waals surface area contributed by atoms with Crippen LogP contribution in [0.4, 0.5) is 0 Å². The summed E-state index contributed by atoms with van der Waals surface area (Å²) in [7, 11) is 0. The quantitative estimate of drug-likeness (QED) is 0.697. The van der Waals surface area contributed by atoms with Crippen LogP contribution in [0.3, 0.4) is 0 Å². The van der Waals surface area contributed by atoms with Gasteiger partial charge in [-0.15, -0.1) is 0 Å². The van der Waals surface area contributed by atoms with Crippen LogP contribution in [-0.4, -0.2) is 0 Å². The molecule has 0 aliphatic rings. The largest absolute Gasteiger partial charge is 0.472 e. The van der Waals surface area contributed by atoms with Crippen LogP contribution >= 0.6 is 22.6 Å². The Labute approximate surface area is 137 Å². The molecule has 0 amide bonds. The molecule has 2 rings (SSSR count). The van der Waals surface area contributed by atoms with Gasteiger partial charge in [0.1, 0.15) is 0 Å². The summed E-state index contributed by atoms with van der Waals surface area (Å²) in [6.07, 6.45) is 3.88. The van der Waals surface area contributed by atoms with Crippen LogP contribution in [0.5, 0.6) is 0 Å². The molecular weight excluding hydrogens is 375 g/mol. The third kappa shape index (κ3) is 3.74. The first-order valence-corrected chi connectivity index (χ1v) is 7.66. The highest BCUT2D eigenvalue weighted by Crippen LogP contribution is 2.34. The maximum atomic E-state index is 9.53. The maximum absolute atomic E-state index is 9.53. The number of hydrogen-bond donors (Lipinski definition) is 0. The van der Waals surface area contributed by atoms with E-state index >= 15 is 0 Å². The zero-order chi connectivity index (χ0) is 15.1. The molecule has 0 aliphatic carbocycles. The van der Waals surface area contributed by atoms with E-state index in [0.717, 1.165) is 16.7 Å². The molecule has 0 saturated heterocycles. The van der Waals surface area contributed by atoms with Crippen molar-refractivity contribution in [2.75, 3.05) is 0 Å². The Morgan fingerprint density at radius 3 is 2.43 bits per heavy atom. The zero-order valence-electron chi connectivity index (χ0n) is 11.3. The second-order valence-electron chi connectivity index (χ2n) is 4.79. The predicted molar refractivity (Wildman–Crippen MR) is 89.1 cm³/mol. The third-order valence-electron chi connectivity index (χ3n) is 3.28. The van der Waals surface area contributed by atoms with Gasteiger partial charge in [0.05, 0.1) is 24.7 Å². The molecule has 0 atom stereocenters. The summed E-state index contributed by atoms with van der Waals surface area (Å²) in [5.74, 6) is 0. The van der Waals surface area contributed by atoms with E-state index < -0.39 is 5.41 Å². The summed E-state index contributed by atoms with van der Waals surface area (Å²) in [5, 5.41) is 19.1. The first-order valence-electron chi connectivity index (χ1n) is 6.41. The van der Waals surface area contributed by atoms with Crippen LogP contribution in [0.1, 0.15) is 17.5 Å². The van der Waals surface area contributed by atoms with Gasteiger partial charge in [0, 0.05) is 12.8 Å². The fourth-order valence-corrected chi connectivity index (χ4v) is 2.75. The van der Waals surface area contributed by atoms with Gasteiger partial charge in [0.15, 0.2) is 5.41 Å². The minimum Gasteiger partial charge on any atom is -0.472 e. The molecule has 0 spiro atoms. The van der Waals surface area contributed by atoms with E-state index in [-0.39, 0.29) is 0 Å². The molecule has 0 fully saturated rings. The van der Waals surface area contributed by atoms with Crippen LogP contribution < -0.4 is 0 Å². The highest BCUT2D eigenvalue weighted by atomic mass is 127. The summed E-state index contributed by atoms with van der Waals surface area (Å²) in [6.45, 7) is 0. The van der Waals surface area contributed by atoms with Crippen molar-refractivity contribution in [2.45, 2.75) is 12.8 Å². The minimum absolute atomic E-state index is 0.358. The Bertz CT molecular complexity index is 677. The first-order chi connectivity index (χ1) is 10.2. The summed E-state index contributed by atoms with van der Waals surface area (Å²) in [6, 6.07) is 16.0. The predicted octanol–water partition coefficient (Wildman–Crippen LogP) is 4.72. The summed E-state index contributed by atoms with van der Waals surface area (Å²) in [4.78, 5) is 0. The standard InChI is InChI=1S/C17H13IN2O/c18-10-16(15-4-2-1-3-5-15)9-17(12-19,13-20)8-14-6-7-21-11-14/h1-7,10-11H,8-9H2. The van der Waals surface area contributed by atoms with Gasteiger partial charge in [-0.1, -0.05) is 52.9 Å². The fraction of sp³-hybridized carbons (Fsp3) is 0.176. The van der Waals surface area contributed by atoms with Gasteiger partial charge < -0.3 is 4.42 Å². The van der Waals surface area contributed by atoms with Crippen molar-refractivity contribution in [3.63, 3.8) is 0 Å². The third-order valence-corrected chi connectivity index (χ3v) is 4.03. The highest BCUT2D eigenvalue weighted by Gasteiger charge is 2.32. The molecule has 1 aromatic heterocycles. The van der Waals surface area contributed by atoms with Gasteiger partial charge >= 0.3 is 0 Å². The number of nitriles is 2. The Hall–Kier alpha value is -2.05. The molecule has 2 aromatic rings. The molecule has 3 nitrogen and oxygen atoms in total. The molecule has 0 unspecified atom stereocenters. The van der Waals surface area contributed by atoms with E-state index in [2.05, 4.69) is 34.7 Å². The molecule has 4 heteroatoms. The molecule has 1 aromatic carbocycles. The molecule has 0 aliphatic heterocycles. The minimum atomic E-state index is -1.09.